The molecule has 1 heterocycles. The summed E-state index contributed by atoms with van der Waals surface area (Å²) < 4.78 is 11.4. The number of hydrogen-bond acceptors (Lipinski definition) is 4. The molecule has 0 unspecified atom stereocenters. The van der Waals surface area contributed by atoms with Gasteiger partial charge in [-0.05, 0) is 34.5 Å². The van der Waals surface area contributed by atoms with Crippen LogP contribution >= 0.6 is 15.9 Å². The SMILES string of the molecule is COc1cc(Nc2cc(C)c(Br)cn2)cc(OC)c1. The number of rotatable bonds is 4. The number of halogens is 1. The van der Waals surface area contributed by atoms with Crippen LogP contribution in [-0.2, 0) is 0 Å². The Bertz CT molecular complexity index is 565. The fourth-order valence-electron chi connectivity index (χ4n) is 1.64. The van der Waals surface area contributed by atoms with E-state index in [1.165, 1.54) is 0 Å². The number of nitrogens with zero attached hydrogens (tertiary/aromatic N) is 1. The van der Waals surface area contributed by atoms with E-state index >= 15 is 0 Å². The number of benzene rings is 1. The lowest BCUT2D eigenvalue weighted by atomic mass is 10.2. The monoisotopic (exact) mass is 322 g/mol. The maximum Gasteiger partial charge on any atom is 0.130 e. The van der Waals surface area contributed by atoms with Crippen molar-refractivity contribution in [1.29, 1.82) is 0 Å². The van der Waals surface area contributed by atoms with E-state index in [9.17, 15) is 0 Å². The third kappa shape index (κ3) is 3.38. The van der Waals surface area contributed by atoms with Crippen molar-refractivity contribution in [2.24, 2.45) is 0 Å². The molecule has 0 fully saturated rings. The first kappa shape index (κ1) is 13.7. The number of aryl methyl sites for hydroxylation is 1. The van der Waals surface area contributed by atoms with Crippen LogP contribution in [0.1, 0.15) is 5.56 Å². The minimum absolute atomic E-state index is 0.732. The van der Waals surface area contributed by atoms with Gasteiger partial charge >= 0.3 is 0 Å². The average molecular weight is 323 g/mol. The van der Waals surface area contributed by atoms with Crippen molar-refractivity contribution in [1.82, 2.24) is 4.98 Å². The molecular weight excluding hydrogens is 308 g/mol. The largest absolute Gasteiger partial charge is 0.497 e. The molecule has 0 aliphatic rings. The zero-order valence-electron chi connectivity index (χ0n) is 11.0. The minimum atomic E-state index is 0.732. The van der Waals surface area contributed by atoms with Crippen molar-refractivity contribution in [3.63, 3.8) is 0 Å². The Labute approximate surface area is 120 Å². The fraction of sp³-hybridized carbons (Fsp3) is 0.214. The van der Waals surface area contributed by atoms with E-state index in [-0.39, 0.29) is 0 Å². The van der Waals surface area contributed by atoms with Gasteiger partial charge in [0.2, 0.25) is 0 Å². The lowest BCUT2D eigenvalue weighted by Gasteiger charge is -2.10. The van der Waals surface area contributed by atoms with Crippen molar-refractivity contribution in [3.8, 4) is 11.5 Å². The summed E-state index contributed by atoms with van der Waals surface area (Å²) in [4.78, 5) is 4.31. The zero-order chi connectivity index (χ0) is 13.8. The van der Waals surface area contributed by atoms with Crippen LogP contribution in [0.2, 0.25) is 0 Å². The molecule has 2 rings (SSSR count). The van der Waals surface area contributed by atoms with E-state index in [4.69, 9.17) is 9.47 Å². The van der Waals surface area contributed by atoms with Gasteiger partial charge in [0.05, 0.1) is 14.2 Å². The first-order chi connectivity index (χ1) is 9.12. The predicted octanol–water partition coefficient (Wildman–Crippen LogP) is 3.91. The van der Waals surface area contributed by atoms with E-state index < -0.39 is 0 Å². The first-order valence-corrected chi connectivity index (χ1v) is 6.54. The third-order valence-corrected chi connectivity index (χ3v) is 3.50. The van der Waals surface area contributed by atoms with Crippen LogP contribution in [-0.4, -0.2) is 19.2 Å². The summed E-state index contributed by atoms with van der Waals surface area (Å²) in [5, 5.41) is 3.23. The summed E-state index contributed by atoms with van der Waals surface area (Å²) in [7, 11) is 3.25. The summed E-state index contributed by atoms with van der Waals surface area (Å²) in [5.74, 6) is 2.24. The van der Waals surface area contributed by atoms with Crippen molar-refractivity contribution >= 4 is 27.4 Å². The Morgan fingerprint density at radius 3 is 2.21 bits per heavy atom. The van der Waals surface area contributed by atoms with Gasteiger partial charge in [-0.25, -0.2) is 4.98 Å². The molecule has 0 aliphatic heterocycles. The topological polar surface area (TPSA) is 43.4 Å². The van der Waals surface area contributed by atoms with Gasteiger partial charge < -0.3 is 14.8 Å². The standard InChI is InChI=1S/C14H15BrN2O2/c1-9-4-14(16-8-13(9)15)17-10-5-11(18-2)7-12(6-10)19-3/h4-8H,1-3H3,(H,16,17). The Hall–Kier alpha value is -1.75. The van der Waals surface area contributed by atoms with Gasteiger partial charge in [-0.2, -0.15) is 0 Å². The average Bonchev–Trinajstić information content (AvgIpc) is 2.42. The quantitative estimate of drug-likeness (QED) is 0.926. The molecular formula is C14H15BrN2O2. The number of ether oxygens (including phenoxy) is 2. The molecule has 0 saturated heterocycles. The fourth-order valence-corrected chi connectivity index (χ4v) is 1.85. The van der Waals surface area contributed by atoms with Gasteiger partial charge in [-0.15, -0.1) is 0 Å². The molecule has 0 saturated carbocycles. The molecule has 1 aromatic heterocycles. The molecule has 100 valence electrons. The molecule has 0 aliphatic carbocycles. The lowest BCUT2D eigenvalue weighted by Crippen LogP contribution is -1.96. The number of hydrogen-bond donors (Lipinski definition) is 1. The molecule has 0 spiro atoms. The van der Waals surface area contributed by atoms with Gasteiger partial charge in [0.25, 0.3) is 0 Å². The second-order valence-electron chi connectivity index (χ2n) is 4.05. The maximum atomic E-state index is 5.23. The summed E-state index contributed by atoms with van der Waals surface area (Å²) >= 11 is 3.43. The van der Waals surface area contributed by atoms with Crippen molar-refractivity contribution in [2.75, 3.05) is 19.5 Å². The summed E-state index contributed by atoms with van der Waals surface area (Å²) in [5.41, 5.74) is 1.98. The number of pyridine rings is 1. The summed E-state index contributed by atoms with van der Waals surface area (Å²) in [6.45, 7) is 2.02. The molecule has 19 heavy (non-hydrogen) atoms. The van der Waals surface area contributed by atoms with Gasteiger partial charge in [-0.1, -0.05) is 0 Å². The highest BCUT2D eigenvalue weighted by Crippen LogP contribution is 2.28. The van der Waals surface area contributed by atoms with Gasteiger partial charge in [0.1, 0.15) is 17.3 Å². The van der Waals surface area contributed by atoms with Crippen LogP contribution in [0.4, 0.5) is 11.5 Å². The number of anilines is 2. The highest BCUT2D eigenvalue weighted by molar-refractivity contribution is 9.10. The summed E-state index contributed by atoms with van der Waals surface area (Å²) in [6.07, 6.45) is 1.77. The molecule has 4 nitrogen and oxygen atoms in total. The van der Waals surface area contributed by atoms with Crippen molar-refractivity contribution < 1.29 is 9.47 Å². The molecule has 0 amide bonds. The second kappa shape index (κ2) is 5.93. The highest BCUT2D eigenvalue weighted by atomic mass is 79.9. The van der Waals surface area contributed by atoms with E-state index in [2.05, 4.69) is 26.2 Å². The highest BCUT2D eigenvalue weighted by Gasteiger charge is 2.04. The van der Waals surface area contributed by atoms with Crippen LogP contribution in [0.15, 0.2) is 34.9 Å². The van der Waals surface area contributed by atoms with Gasteiger partial charge in [-0.3, -0.25) is 0 Å². The van der Waals surface area contributed by atoms with Gasteiger partial charge in [0, 0.05) is 34.6 Å². The lowest BCUT2D eigenvalue weighted by molar-refractivity contribution is 0.395. The molecule has 1 N–H and O–H groups in total. The summed E-state index contributed by atoms with van der Waals surface area (Å²) in [6, 6.07) is 7.57. The smallest absolute Gasteiger partial charge is 0.130 e. The van der Waals surface area contributed by atoms with Crippen molar-refractivity contribution in [2.45, 2.75) is 6.92 Å². The molecule has 1 aromatic carbocycles. The second-order valence-corrected chi connectivity index (χ2v) is 4.90. The molecule has 5 heteroatoms. The molecule has 0 bridgehead atoms. The Morgan fingerprint density at radius 2 is 1.68 bits per heavy atom. The van der Waals surface area contributed by atoms with Crippen LogP contribution in [0.5, 0.6) is 11.5 Å². The predicted molar refractivity (Wildman–Crippen MR) is 79.5 cm³/mol. The van der Waals surface area contributed by atoms with E-state index in [1.54, 1.807) is 20.4 Å². The van der Waals surface area contributed by atoms with Crippen LogP contribution in [0.3, 0.4) is 0 Å². The normalized spacial score (nSPS) is 10.1. The number of methoxy groups -OCH3 is 2. The Kier molecular flexibility index (Phi) is 4.27. The Balaban J connectivity index is 2.29. The van der Waals surface area contributed by atoms with E-state index in [0.29, 0.717) is 0 Å². The first-order valence-electron chi connectivity index (χ1n) is 5.74. The van der Waals surface area contributed by atoms with E-state index in [1.807, 2.05) is 31.2 Å². The molecule has 0 radical (unpaired) electrons. The van der Waals surface area contributed by atoms with Crippen LogP contribution in [0.25, 0.3) is 0 Å². The molecule has 2 aromatic rings. The van der Waals surface area contributed by atoms with Gasteiger partial charge in [0.15, 0.2) is 0 Å². The van der Waals surface area contributed by atoms with Crippen molar-refractivity contribution in [3.05, 3.63) is 40.5 Å². The maximum absolute atomic E-state index is 5.23. The Morgan fingerprint density at radius 1 is 1.05 bits per heavy atom. The number of aromatic nitrogens is 1. The van der Waals surface area contributed by atoms with Crippen LogP contribution < -0.4 is 14.8 Å². The zero-order valence-corrected chi connectivity index (χ0v) is 12.6. The number of nitrogens with one attached hydrogen (secondary N) is 1. The minimum Gasteiger partial charge on any atom is -0.497 e. The van der Waals surface area contributed by atoms with E-state index in [0.717, 1.165) is 33.0 Å². The van der Waals surface area contributed by atoms with Crippen LogP contribution in [0, 0.1) is 6.92 Å². The molecule has 0 atom stereocenters. The third-order valence-electron chi connectivity index (χ3n) is 2.67.